The van der Waals surface area contributed by atoms with E-state index in [1.807, 2.05) is 0 Å². The first-order valence-corrected chi connectivity index (χ1v) is 8.71. The molecule has 2 N–H and O–H groups in total. The molecule has 110 valence electrons. The normalized spacial score (nSPS) is 13.3. The lowest BCUT2D eigenvalue weighted by atomic mass is 9.89. The highest BCUT2D eigenvalue weighted by Crippen LogP contribution is 2.38. The van der Waals surface area contributed by atoms with Gasteiger partial charge in [0.15, 0.2) is 0 Å². The maximum Gasteiger partial charge on any atom is 0.0566 e. The van der Waals surface area contributed by atoms with Gasteiger partial charge in [-0.3, -0.25) is 0 Å². The van der Waals surface area contributed by atoms with Crippen LogP contribution in [0.25, 0.3) is 32.3 Å². The molecular weight excluding hydrogens is 298 g/mol. The van der Waals surface area contributed by atoms with Gasteiger partial charge < -0.3 is 5.73 Å². The third-order valence-corrected chi connectivity index (χ3v) is 5.50. The minimum Gasteiger partial charge on any atom is -0.320 e. The SMILES string of the molecule is N[C@@H](c1ccsc1)c1ccc2ccc3cccc4ccc1c2c34. The first kappa shape index (κ1) is 13.1. The predicted octanol–water partition coefficient (Wildman–Crippen LogP) is 5.69. The molecule has 0 amide bonds. The number of rotatable bonds is 2. The lowest BCUT2D eigenvalue weighted by molar-refractivity contribution is 0.887. The standard InChI is InChI=1S/C21H15NS/c22-21(16-10-11-23-12-16)18-9-7-15-5-4-13-2-1-3-14-6-8-17(18)20(15)19(13)14/h1-12,21H,22H2/t21-/m0/s1. The van der Waals surface area contributed by atoms with E-state index >= 15 is 0 Å². The average molecular weight is 313 g/mol. The summed E-state index contributed by atoms with van der Waals surface area (Å²) in [5, 5.41) is 12.1. The van der Waals surface area contributed by atoms with Gasteiger partial charge in [0.1, 0.15) is 0 Å². The summed E-state index contributed by atoms with van der Waals surface area (Å²) in [7, 11) is 0. The molecule has 0 unspecified atom stereocenters. The fourth-order valence-corrected chi connectivity index (χ4v) is 4.36. The van der Waals surface area contributed by atoms with Crippen LogP contribution in [-0.2, 0) is 0 Å². The maximum absolute atomic E-state index is 6.57. The van der Waals surface area contributed by atoms with Gasteiger partial charge in [0.25, 0.3) is 0 Å². The molecule has 4 aromatic carbocycles. The van der Waals surface area contributed by atoms with E-state index in [2.05, 4.69) is 71.4 Å². The zero-order valence-electron chi connectivity index (χ0n) is 12.5. The highest BCUT2D eigenvalue weighted by atomic mass is 32.1. The van der Waals surface area contributed by atoms with Gasteiger partial charge in [-0.05, 0) is 60.3 Å². The van der Waals surface area contributed by atoms with E-state index < -0.39 is 0 Å². The highest BCUT2D eigenvalue weighted by Gasteiger charge is 2.16. The van der Waals surface area contributed by atoms with Crippen molar-refractivity contribution in [1.29, 1.82) is 0 Å². The van der Waals surface area contributed by atoms with E-state index in [0.29, 0.717) is 0 Å². The van der Waals surface area contributed by atoms with Gasteiger partial charge >= 0.3 is 0 Å². The molecule has 1 heterocycles. The number of hydrogen-bond acceptors (Lipinski definition) is 2. The van der Waals surface area contributed by atoms with Crippen molar-refractivity contribution in [2.75, 3.05) is 0 Å². The molecule has 1 atom stereocenters. The minimum atomic E-state index is -0.0779. The fraction of sp³-hybridized carbons (Fsp3) is 0.0476. The maximum atomic E-state index is 6.57. The van der Waals surface area contributed by atoms with Crippen LogP contribution in [-0.4, -0.2) is 0 Å². The topological polar surface area (TPSA) is 26.0 Å². The molecule has 0 saturated heterocycles. The quantitative estimate of drug-likeness (QED) is 0.416. The molecule has 0 saturated carbocycles. The van der Waals surface area contributed by atoms with Crippen LogP contribution in [0.5, 0.6) is 0 Å². The Labute approximate surface area is 138 Å². The van der Waals surface area contributed by atoms with E-state index in [4.69, 9.17) is 5.73 Å². The van der Waals surface area contributed by atoms with Gasteiger partial charge in [0.2, 0.25) is 0 Å². The Balaban J connectivity index is 1.91. The Morgan fingerprint density at radius 1 is 0.739 bits per heavy atom. The van der Waals surface area contributed by atoms with E-state index in [1.165, 1.54) is 43.4 Å². The summed E-state index contributed by atoms with van der Waals surface area (Å²) in [6.07, 6.45) is 0. The van der Waals surface area contributed by atoms with Crippen molar-refractivity contribution in [3.05, 3.63) is 82.6 Å². The minimum absolute atomic E-state index is 0.0779. The van der Waals surface area contributed by atoms with Gasteiger partial charge in [-0.15, -0.1) is 0 Å². The molecule has 0 aliphatic rings. The summed E-state index contributed by atoms with van der Waals surface area (Å²) in [5.41, 5.74) is 8.95. The first-order chi connectivity index (χ1) is 11.3. The molecule has 5 aromatic rings. The third kappa shape index (κ3) is 1.83. The molecule has 0 spiro atoms. The second-order valence-corrected chi connectivity index (χ2v) is 6.83. The van der Waals surface area contributed by atoms with Crippen molar-refractivity contribution in [2.45, 2.75) is 6.04 Å². The number of hydrogen-bond donors (Lipinski definition) is 1. The van der Waals surface area contributed by atoms with Crippen molar-refractivity contribution in [3.63, 3.8) is 0 Å². The lowest BCUT2D eigenvalue weighted by Crippen LogP contribution is -2.11. The molecule has 0 bridgehead atoms. The van der Waals surface area contributed by atoms with Crippen molar-refractivity contribution < 1.29 is 0 Å². The largest absolute Gasteiger partial charge is 0.320 e. The Morgan fingerprint density at radius 2 is 1.43 bits per heavy atom. The molecule has 5 rings (SSSR count). The fourth-order valence-electron chi connectivity index (χ4n) is 3.66. The van der Waals surface area contributed by atoms with Gasteiger partial charge in [-0.2, -0.15) is 11.3 Å². The smallest absolute Gasteiger partial charge is 0.0566 e. The second-order valence-electron chi connectivity index (χ2n) is 6.05. The van der Waals surface area contributed by atoms with E-state index in [0.717, 1.165) is 0 Å². The molecule has 0 aliphatic carbocycles. The predicted molar refractivity (Wildman–Crippen MR) is 100 cm³/mol. The summed E-state index contributed by atoms with van der Waals surface area (Å²) in [4.78, 5) is 0. The molecule has 0 radical (unpaired) electrons. The average Bonchev–Trinajstić information content (AvgIpc) is 3.13. The van der Waals surface area contributed by atoms with Crippen LogP contribution in [0.2, 0.25) is 0 Å². The van der Waals surface area contributed by atoms with Gasteiger partial charge in [-0.1, -0.05) is 54.6 Å². The monoisotopic (exact) mass is 313 g/mol. The Hall–Kier alpha value is -2.42. The molecule has 1 aromatic heterocycles. The number of benzene rings is 4. The third-order valence-electron chi connectivity index (χ3n) is 4.80. The van der Waals surface area contributed by atoms with Crippen molar-refractivity contribution in [1.82, 2.24) is 0 Å². The number of thiophene rings is 1. The summed E-state index contributed by atoms with van der Waals surface area (Å²) >= 11 is 1.70. The van der Waals surface area contributed by atoms with Crippen LogP contribution >= 0.6 is 11.3 Å². The molecular formula is C21H15NS. The second kappa shape index (κ2) is 4.79. The Bertz CT molecular complexity index is 1110. The van der Waals surface area contributed by atoms with E-state index in [9.17, 15) is 0 Å². The van der Waals surface area contributed by atoms with E-state index in [-0.39, 0.29) is 6.04 Å². The van der Waals surface area contributed by atoms with Crippen LogP contribution in [0.4, 0.5) is 0 Å². The number of nitrogens with two attached hydrogens (primary N) is 1. The van der Waals surface area contributed by atoms with Gasteiger partial charge in [0, 0.05) is 0 Å². The van der Waals surface area contributed by atoms with Crippen LogP contribution in [0, 0.1) is 0 Å². The van der Waals surface area contributed by atoms with Crippen molar-refractivity contribution in [3.8, 4) is 0 Å². The molecule has 0 aliphatic heterocycles. The summed E-state index contributed by atoms with van der Waals surface area (Å²) in [5.74, 6) is 0. The summed E-state index contributed by atoms with van der Waals surface area (Å²) in [6.45, 7) is 0. The zero-order valence-corrected chi connectivity index (χ0v) is 13.3. The lowest BCUT2D eigenvalue weighted by Gasteiger charge is -2.17. The van der Waals surface area contributed by atoms with Gasteiger partial charge in [-0.25, -0.2) is 0 Å². The Morgan fingerprint density at radius 3 is 2.17 bits per heavy atom. The molecule has 23 heavy (non-hydrogen) atoms. The van der Waals surface area contributed by atoms with E-state index in [1.54, 1.807) is 11.3 Å². The highest BCUT2D eigenvalue weighted by molar-refractivity contribution is 7.08. The summed E-state index contributed by atoms with van der Waals surface area (Å²) in [6, 6.07) is 21.8. The van der Waals surface area contributed by atoms with Crippen molar-refractivity contribution in [2.24, 2.45) is 5.73 Å². The summed E-state index contributed by atoms with van der Waals surface area (Å²) < 4.78 is 0. The van der Waals surface area contributed by atoms with Crippen molar-refractivity contribution >= 4 is 43.7 Å². The first-order valence-electron chi connectivity index (χ1n) is 7.77. The van der Waals surface area contributed by atoms with Crippen LogP contribution < -0.4 is 5.73 Å². The molecule has 2 heteroatoms. The van der Waals surface area contributed by atoms with Crippen LogP contribution in [0.1, 0.15) is 17.2 Å². The Kier molecular flexibility index (Phi) is 2.72. The molecule has 0 fully saturated rings. The van der Waals surface area contributed by atoms with Crippen LogP contribution in [0.15, 0.2) is 71.4 Å². The zero-order chi connectivity index (χ0) is 15.4. The van der Waals surface area contributed by atoms with Crippen LogP contribution in [0.3, 0.4) is 0 Å². The molecule has 1 nitrogen and oxygen atoms in total. The van der Waals surface area contributed by atoms with Gasteiger partial charge in [0.05, 0.1) is 6.04 Å².